The van der Waals surface area contributed by atoms with Gasteiger partial charge in [0.05, 0.1) is 17.5 Å². The molecule has 0 bridgehead atoms. The standard InChI is InChI=1S/C18H23N3O3S2/c1-12(2)17-10-16(20-21(17)14-7-8-26(23,24)11-14)18(22)19-13-5-4-6-15(9-13)25-3/h4-6,9-10,12,14H,7-8,11H2,1-3H3,(H,19,22)/t14-/m0/s1. The van der Waals surface area contributed by atoms with Crippen LogP contribution in [0.1, 0.15) is 48.4 Å². The molecule has 2 heterocycles. The van der Waals surface area contributed by atoms with E-state index in [9.17, 15) is 13.2 Å². The van der Waals surface area contributed by atoms with E-state index in [1.807, 2.05) is 44.4 Å². The molecule has 1 N–H and O–H groups in total. The van der Waals surface area contributed by atoms with Crippen LogP contribution in [0, 0.1) is 0 Å². The fourth-order valence-corrected chi connectivity index (χ4v) is 5.26. The lowest BCUT2D eigenvalue weighted by atomic mass is 10.1. The van der Waals surface area contributed by atoms with Crippen LogP contribution < -0.4 is 5.32 Å². The number of hydrogen-bond acceptors (Lipinski definition) is 5. The van der Waals surface area contributed by atoms with Crippen LogP contribution in [0.3, 0.4) is 0 Å². The summed E-state index contributed by atoms with van der Waals surface area (Å²) < 4.78 is 25.4. The Morgan fingerprint density at radius 3 is 2.73 bits per heavy atom. The number of benzene rings is 1. The van der Waals surface area contributed by atoms with Crippen LogP contribution >= 0.6 is 11.8 Å². The van der Waals surface area contributed by atoms with Gasteiger partial charge in [0.15, 0.2) is 15.5 Å². The molecule has 8 heteroatoms. The Labute approximate surface area is 158 Å². The maximum Gasteiger partial charge on any atom is 0.276 e. The second-order valence-electron chi connectivity index (χ2n) is 6.80. The number of hydrogen-bond donors (Lipinski definition) is 1. The molecule has 0 radical (unpaired) electrons. The average molecular weight is 394 g/mol. The molecule has 1 saturated heterocycles. The van der Waals surface area contributed by atoms with Crippen molar-refractivity contribution in [1.82, 2.24) is 9.78 Å². The van der Waals surface area contributed by atoms with Crippen LogP contribution in [0.15, 0.2) is 35.2 Å². The summed E-state index contributed by atoms with van der Waals surface area (Å²) >= 11 is 1.61. The maximum atomic E-state index is 12.6. The van der Waals surface area contributed by atoms with Crippen molar-refractivity contribution in [2.75, 3.05) is 23.1 Å². The zero-order valence-electron chi connectivity index (χ0n) is 15.1. The number of aromatic nitrogens is 2. The largest absolute Gasteiger partial charge is 0.321 e. The molecular formula is C18H23N3O3S2. The van der Waals surface area contributed by atoms with Crippen molar-refractivity contribution in [3.05, 3.63) is 41.7 Å². The summed E-state index contributed by atoms with van der Waals surface area (Å²) in [4.78, 5) is 13.7. The number of sulfone groups is 1. The van der Waals surface area contributed by atoms with E-state index in [-0.39, 0.29) is 29.4 Å². The van der Waals surface area contributed by atoms with Crippen LogP contribution in [0.25, 0.3) is 0 Å². The number of thioether (sulfide) groups is 1. The monoisotopic (exact) mass is 393 g/mol. The Balaban J connectivity index is 1.86. The Hall–Kier alpha value is -1.80. The van der Waals surface area contributed by atoms with Gasteiger partial charge in [-0.15, -0.1) is 11.8 Å². The molecule has 1 aliphatic rings. The van der Waals surface area contributed by atoms with Gasteiger partial charge in [-0.2, -0.15) is 5.10 Å². The molecule has 0 spiro atoms. The molecular weight excluding hydrogens is 370 g/mol. The number of rotatable bonds is 5. The van der Waals surface area contributed by atoms with Crippen LogP contribution in [-0.4, -0.2) is 41.9 Å². The maximum absolute atomic E-state index is 12.6. The normalized spacial score (nSPS) is 19.0. The van der Waals surface area contributed by atoms with Crippen molar-refractivity contribution in [3.8, 4) is 0 Å². The van der Waals surface area contributed by atoms with Crippen molar-refractivity contribution < 1.29 is 13.2 Å². The number of carbonyl (C=O) groups is 1. The van der Waals surface area contributed by atoms with Gasteiger partial charge in [-0.25, -0.2) is 8.42 Å². The molecule has 6 nitrogen and oxygen atoms in total. The molecule has 3 rings (SSSR count). The van der Waals surface area contributed by atoms with Crippen LogP contribution in [-0.2, 0) is 9.84 Å². The smallest absolute Gasteiger partial charge is 0.276 e. The van der Waals surface area contributed by atoms with Gasteiger partial charge in [-0.3, -0.25) is 9.48 Å². The van der Waals surface area contributed by atoms with Gasteiger partial charge in [0.1, 0.15) is 0 Å². The molecule has 0 saturated carbocycles. The number of carbonyl (C=O) groups excluding carboxylic acids is 1. The molecule has 1 aliphatic heterocycles. The quantitative estimate of drug-likeness (QED) is 0.788. The zero-order chi connectivity index (χ0) is 18.9. The Morgan fingerprint density at radius 2 is 2.12 bits per heavy atom. The van der Waals surface area contributed by atoms with E-state index in [1.54, 1.807) is 22.5 Å². The minimum absolute atomic E-state index is 0.0885. The highest BCUT2D eigenvalue weighted by Crippen LogP contribution is 2.28. The third kappa shape index (κ3) is 4.12. The van der Waals surface area contributed by atoms with E-state index < -0.39 is 9.84 Å². The summed E-state index contributed by atoms with van der Waals surface area (Å²) in [6.07, 6.45) is 2.52. The van der Waals surface area contributed by atoms with Crippen molar-refractivity contribution in [2.24, 2.45) is 0 Å². The fraction of sp³-hybridized carbons (Fsp3) is 0.444. The average Bonchev–Trinajstić information content (AvgIpc) is 3.18. The fourth-order valence-electron chi connectivity index (χ4n) is 3.11. The molecule has 1 atom stereocenters. The van der Waals surface area contributed by atoms with Gasteiger partial charge in [0, 0.05) is 16.3 Å². The second-order valence-corrected chi connectivity index (χ2v) is 9.91. The second kappa shape index (κ2) is 7.44. The summed E-state index contributed by atoms with van der Waals surface area (Å²) in [5, 5.41) is 7.33. The molecule has 26 heavy (non-hydrogen) atoms. The van der Waals surface area contributed by atoms with Gasteiger partial charge in [0.2, 0.25) is 0 Å². The first kappa shape index (κ1) is 19.0. The predicted octanol–water partition coefficient (Wildman–Crippen LogP) is 3.34. The van der Waals surface area contributed by atoms with Crippen LogP contribution in [0.5, 0.6) is 0 Å². The van der Waals surface area contributed by atoms with E-state index in [0.29, 0.717) is 17.8 Å². The SMILES string of the molecule is CSc1cccc(NC(=O)c2cc(C(C)C)n([C@H]3CCS(=O)(=O)C3)n2)c1. The predicted molar refractivity (Wildman–Crippen MR) is 105 cm³/mol. The van der Waals surface area contributed by atoms with Crippen LogP contribution in [0.4, 0.5) is 5.69 Å². The summed E-state index contributed by atoms with van der Waals surface area (Å²) in [5.41, 5.74) is 1.91. The number of nitrogens with one attached hydrogen (secondary N) is 1. The number of nitrogens with zero attached hydrogens (tertiary/aromatic N) is 2. The molecule has 1 amide bonds. The van der Waals surface area contributed by atoms with Crippen molar-refractivity contribution >= 4 is 33.2 Å². The first-order valence-corrected chi connectivity index (χ1v) is 11.6. The Kier molecular flexibility index (Phi) is 5.43. The Bertz CT molecular complexity index is 920. The van der Waals surface area contributed by atoms with E-state index in [4.69, 9.17) is 0 Å². The first-order valence-electron chi connectivity index (χ1n) is 8.54. The molecule has 1 aromatic carbocycles. The van der Waals surface area contributed by atoms with Gasteiger partial charge in [-0.05, 0) is 42.9 Å². The molecule has 0 unspecified atom stereocenters. The number of amides is 1. The lowest BCUT2D eigenvalue weighted by molar-refractivity contribution is 0.102. The topological polar surface area (TPSA) is 81.1 Å². The summed E-state index contributed by atoms with van der Waals surface area (Å²) in [7, 11) is -3.02. The third-order valence-corrected chi connectivity index (χ3v) is 6.95. The minimum Gasteiger partial charge on any atom is -0.321 e. The first-order chi connectivity index (χ1) is 12.3. The minimum atomic E-state index is -3.02. The highest BCUT2D eigenvalue weighted by atomic mass is 32.2. The summed E-state index contributed by atoms with van der Waals surface area (Å²) in [5.74, 6) is 0.125. The van der Waals surface area contributed by atoms with E-state index in [0.717, 1.165) is 10.6 Å². The molecule has 2 aromatic rings. The molecule has 1 aromatic heterocycles. The van der Waals surface area contributed by atoms with Gasteiger partial charge < -0.3 is 5.32 Å². The summed E-state index contributed by atoms with van der Waals surface area (Å²) in [6, 6.07) is 9.19. The highest BCUT2D eigenvalue weighted by Gasteiger charge is 2.32. The molecule has 0 aliphatic carbocycles. The molecule has 140 valence electrons. The lowest BCUT2D eigenvalue weighted by Crippen LogP contribution is -2.17. The van der Waals surface area contributed by atoms with E-state index in [1.165, 1.54) is 0 Å². The van der Waals surface area contributed by atoms with Crippen molar-refractivity contribution in [2.45, 2.75) is 37.1 Å². The van der Waals surface area contributed by atoms with E-state index >= 15 is 0 Å². The van der Waals surface area contributed by atoms with Gasteiger partial charge >= 0.3 is 0 Å². The third-order valence-electron chi connectivity index (χ3n) is 4.47. The van der Waals surface area contributed by atoms with E-state index in [2.05, 4.69) is 10.4 Å². The van der Waals surface area contributed by atoms with Crippen molar-refractivity contribution in [1.29, 1.82) is 0 Å². The number of anilines is 1. The summed E-state index contributed by atoms with van der Waals surface area (Å²) in [6.45, 7) is 4.03. The Morgan fingerprint density at radius 1 is 1.35 bits per heavy atom. The zero-order valence-corrected chi connectivity index (χ0v) is 16.7. The lowest BCUT2D eigenvalue weighted by Gasteiger charge is -2.15. The van der Waals surface area contributed by atoms with Gasteiger partial charge in [-0.1, -0.05) is 19.9 Å². The van der Waals surface area contributed by atoms with Crippen molar-refractivity contribution in [3.63, 3.8) is 0 Å². The van der Waals surface area contributed by atoms with Crippen LogP contribution in [0.2, 0.25) is 0 Å². The highest BCUT2D eigenvalue weighted by molar-refractivity contribution is 7.98. The molecule has 1 fully saturated rings. The van der Waals surface area contributed by atoms with Gasteiger partial charge in [0.25, 0.3) is 5.91 Å².